The van der Waals surface area contributed by atoms with Gasteiger partial charge in [0.1, 0.15) is 12.1 Å². The zero-order valence-electron chi connectivity index (χ0n) is 12.3. The van der Waals surface area contributed by atoms with Gasteiger partial charge in [-0.1, -0.05) is 20.8 Å². The van der Waals surface area contributed by atoms with Gasteiger partial charge in [0, 0.05) is 36.3 Å². The SMILES string of the molecule is CC(C)CCn1cc(-c2ncnc3c2C(C)CN3)cn1. The van der Waals surface area contributed by atoms with E-state index < -0.39 is 0 Å². The monoisotopic (exact) mass is 271 g/mol. The molecular formula is C15H21N5. The van der Waals surface area contributed by atoms with Gasteiger partial charge in [0.25, 0.3) is 0 Å². The molecule has 1 aliphatic heterocycles. The van der Waals surface area contributed by atoms with Gasteiger partial charge in [-0.3, -0.25) is 4.68 Å². The predicted molar refractivity (Wildman–Crippen MR) is 79.6 cm³/mol. The fourth-order valence-corrected chi connectivity index (χ4v) is 2.58. The highest BCUT2D eigenvalue weighted by Crippen LogP contribution is 2.35. The number of hydrogen-bond donors (Lipinski definition) is 1. The maximum absolute atomic E-state index is 4.48. The first-order chi connectivity index (χ1) is 9.65. The number of aromatic nitrogens is 4. The van der Waals surface area contributed by atoms with E-state index in [1.54, 1.807) is 6.33 Å². The van der Waals surface area contributed by atoms with E-state index in [2.05, 4.69) is 47.4 Å². The van der Waals surface area contributed by atoms with Gasteiger partial charge in [0.15, 0.2) is 0 Å². The van der Waals surface area contributed by atoms with Crippen LogP contribution in [0, 0.1) is 5.92 Å². The highest BCUT2D eigenvalue weighted by molar-refractivity contribution is 5.70. The summed E-state index contributed by atoms with van der Waals surface area (Å²) in [7, 11) is 0. The molecule has 1 aliphatic rings. The summed E-state index contributed by atoms with van der Waals surface area (Å²) >= 11 is 0. The molecule has 0 amide bonds. The smallest absolute Gasteiger partial charge is 0.133 e. The number of aryl methyl sites for hydroxylation is 1. The number of rotatable bonds is 4. The maximum atomic E-state index is 4.48. The van der Waals surface area contributed by atoms with Crippen molar-refractivity contribution in [2.75, 3.05) is 11.9 Å². The van der Waals surface area contributed by atoms with E-state index in [4.69, 9.17) is 0 Å². The van der Waals surface area contributed by atoms with Crippen molar-refractivity contribution in [1.82, 2.24) is 19.7 Å². The lowest BCUT2D eigenvalue weighted by atomic mass is 10.0. The largest absolute Gasteiger partial charge is 0.369 e. The van der Waals surface area contributed by atoms with E-state index >= 15 is 0 Å². The first-order valence-electron chi connectivity index (χ1n) is 7.26. The van der Waals surface area contributed by atoms with E-state index in [9.17, 15) is 0 Å². The molecule has 3 rings (SSSR count). The maximum Gasteiger partial charge on any atom is 0.133 e. The van der Waals surface area contributed by atoms with Gasteiger partial charge >= 0.3 is 0 Å². The lowest BCUT2D eigenvalue weighted by Gasteiger charge is -2.07. The van der Waals surface area contributed by atoms with Crippen LogP contribution in [0.25, 0.3) is 11.3 Å². The fraction of sp³-hybridized carbons (Fsp3) is 0.533. The molecule has 0 radical (unpaired) electrons. The molecule has 20 heavy (non-hydrogen) atoms. The summed E-state index contributed by atoms with van der Waals surface area (Å²) in [4.78, 5) is 8.79. The van der Waals surface area contributed by atoms with E-state index in [0.29, 0.717) is 11.8 Å². The van der Waals surface area contributed by atoms with Crippen LogP contribution in [0.5, 0.6) is 0 Å². The van der Waals surface area contributed by atoms with Gasteiger partial charge in [-0.2, -0.15) is 5.10 Å². The summed E-state index contributed by atoms with van der Waals surface area (Å²) in [5.41, 5.74) is 3.32. The minimum Gasteiger partial charge on any atom is -0.369 e. The van der Waals surface area contributed by atoms with Gasteiger partial charge in [-0.05, 0) is 12.3 Å². The molecule has 0 spiro atoms. The van der Waals surface area contributed by atoms with E-state index in [0.717, 1.165) is 36.6 Å². The number of nitrogens with one attached hydrogen (secondary N) is 1. The van der Waals surface area contributed by atoms with Gasteiger partial charge in [-0.15, -0.1) is 0 Å². The van der Waals surface area contributed by atoms with Crippen LogP contribution in [0.1, 0.15) is 38.7 Å². The van der Waals surface area contributed by atoms with Crippen molar-refractivity contribution in [3.63, 3.8) is 0 Å². The van der Waals surface area contributed by atoms with Crippen molar-refractivity contribution in [2.24, 2.45) is 5.92 Å². The van der Waals surface area contributed by atoms with Gasteiger partial charge in [0.2, 0.25) is 0 Å². The van der Waals surface area contributed by atoms with Crippen molar-refractivity contribution in [3.8, 4) is 11.3 Å². The van der Waals surface area contributed by atoms with Crippen molar-refractivity contribution in [3.05, 3.63) is 24.3 Å². The van der Waals surface area contributed by atoms with E-state index in [-0.39, 0.29) is 0 Å². The van der Waals surface area contributed by atoms with E-state index in [1.165, 1.54) is 5.56 Å². The molecule has 106 valence electrons. The second-order valence-electron chi connectivity index (χ2n) is 5.94. The summed E-state index contributed by atoms with van der Waals surface area (Å²) in [5, 5.41) is 7.78. The number of fused-ring (bicyclic) bond motifs is 1. The van der Waals surface area contributed by atoms with Crippen LogP contribution in [0.2, 0.25) is 0 Å². The van der Waals surface area contributed by atoms with Crippen LogP contribution in [0.4, 0.5) is 5.82 Å². The normalized spacial score (nSPS) is 17.3. The van der Waals surface area contributed by atoms with Crippen LogP contribution >= 0.6 is 0 Å². The molecule has 3 heterocycles. The third kappa shape index (κ3) is 2.40. The molecule has 1 N–H and O–H groups in total. The summed E-state index contributed by atoms with van der Waals surface area (Å²) < 4.78 is 2.01. The van der Waals surface area contributed by atoms with Crippen molar-refractivity contribution >= 4 is 5.82 Å². The molecule has 2 aromatic rings. The standard InChI is InChI=1S/C15H21N5/c1-10(2)4-5-20-8-12(7-19-20)14-13-11(3)6-16-15(13)18-9-17-14/h7-11H,4-6H2,1-3H3,(H,16,17,18). The van der Waals surface area contributed by atoms with Crippen LogP contribution in [-0.2, 0) is 6.54 Å². The highest BCUT2D eigenvalue weighted by Gasteiger charge is 2.24. The lowest BCUT2D eigenvalue weighted by Crippen LogP contribution is -2.01. The Kier molecular flexibility index (Phi) is 3.42. The zero-order valence-corrected chi connectivity index (χ0v) is 12.3. The topological polar surface area (TPSA) is 55.6 Å². The minimum absolute atomic E-state index is 0.445. The Hall–Kier alpha value is -1.91. The second kappa shape index (κ2) is 5.23. The molecular weight excluding hydrogens is 250 g/mol. The van der Waals surface area contributed by atoms with Crippen LogP contribution in [0.15, 0.2) is 18.7 Å². The third-order valence-electron chi connectivity index (χ3n) is 3.79. The Morgan fingerprint density at radius 1 is 1.40 bits per heavy atom. The highest BCUT2D eigenvalue weighted by atomic mass is 15.3. The van der Waals surface area contributed by atoms with Crippen LogP contribution in [0.3, 0.4) is 0 Å². The summed E-state index contributed by atoms with van der Waals surface area (Å²) in [5.74, 6) is 2.10. The molecule has 5 nitrogen and oxygen atoms in total. The van der Waals surface area contributed by atoms with Gasteiger partial charge < -0.3 is 5.32 Å². The molecule has 2 aromatic heterocycles. The molecule has 0 saturated heterocycles. The number of hydrogen-bond acceptors (Lipinski definition) is 4. The van der Waals surface area contributed by atoms with Crippen LogP contribution < -0.4 is 5.32 Å². The average Bonchev–Trinajstić information content (AvgIpc) is 3.04. The Bertz CT molecular complexity index is 602. The Labute approximate surface area is 119 Å². The van der Waals surface area contributed by atoms with Crippen molar-refractivity contribution < 1.29 is 0 Å². The molecule has 0 saturated carbocycles. The molecule has 0 fully saturated rings. The number of nitrogens with zero attached hydrogens (tertiary/aromatic N) is 4. The molecule has 0 aromatic carbocycles. The van der Waals surface area contributed by atoms with Gasteiger partial charge in [0.05, 0.1) is 11.9 Å². The first-order valence-corrected chi connectivity index (χ1v) is 7.26. The van der Waals surface area contributed by atoms with Crippen molar-refractivity contribution in [2.45, 2.75) is 39.7 Å². The fourth-order valence-electron chi connectivity index (χ4n) is 2.58. The second-order valence-corrected chi connectivity index (χ2v) is 5.94. The quantitative estimate of drug-likeness (QED) is 0.929. The summed E-state index contributed by atoms with van der Waals surface area (Å²) in [6.07, 6.45) is 6.77. The average molecular weight is 271 g/mol. The predicted octanol–water partition coefficient (Wildman–Crippen LogP) is 2.92. The molecule has 1 unspecified atom stereocenters. The summed E-state index contributed by atoms with van der Waals surface area (Å²) in [6, 6.07) is 0. The molecule has 0 aliphatic carbocycles. The molecule has 5 heteroatoms. The molecule has 0 bridgehead atoms. The lowest BCUT2D eigenvalue weighted by molar-refractivity contribution is 0.487. The minimum atomic E-state index is 0.445. The third-order valence-corrected chi connectivity index (χ3v) is 3.79. The summed E-state index contributed by atoms with van der Waals surface area (Å²) in [6.45, 7) is 8.56. The number of anilines is 1. The van der Waals surface area contributed by atoms with E-state index in [1.807, 2.05) is 10.9 Å². The Morgan fingerprint density at radius 2 is 2.25 bits per heavy atom. The zero-order chi connectivity index (χ0) is 14.1. The Balaban J connectivity index is 1.89. The Morgan fingerprint density at radius 3 is 3.05 bits per heavy atom. The first kappa shape index (κ1) is 13.1. The molecule has 1 atom stereocenters. The van der Waals surface area contributed by atoms with Crippen molar-refractivity contribution in [1.29, 1.82) is 0 Å². The van der Waals surface area contributed by atoms with Crippen LogP contribution in [-0.4, -0.2) is 26.3 Å². The van der Waals surface area contributed by atoms with Gasteiger partial charge in [-0.25, -0.2) is 9.97 Å².